The van der Waals surface area contributed by atoms with Crippen LogP contribution in [0.4, 0.5) is 5.69 Å². The van der Waals surface area contributed by atoms with Gasteiger partial charge >= 0.3 is 5.97 Å². The van der Waals surface area contributed by atoms with Gasteiger partial charge < -0.3 is 14.5 Å². The summed E-state index contributed by atoms with van der Waals surface area (Å²) in [4.78, 5) is 24.3. The second-order valence-corrected chi connectivity index (χ2v) is 6.57. The van der Waals surface area contributed by atoms with E-state index in [4.69, 9.17) is 20.8 Å². The molecule has 1 aromatic heterocycles. The number of benzene rings is 2. The maximum atomic E-state index is 12.5. The van der Waals surface area contributed by atoms with Gasteiger partial charge in [0.25, 0.3) is 5.91 Å². The van der Waals surface area contributed by atoms with Gasteiger partial charge in [-0.1, -0.05) is 17.7 Å². The lowest BCUT2D eigenvalue weighted by Gasteiger charge is -2.06. The summed E-state index contributed by atoms with van der Waals surface area (Å²) >= 11 is 5.89. The molecule has 0 unspecified atom stereocenters. The van der Waals surface area contributed by atoms with E-state index in [1.807, 2.05) is 18.2 Å². The third-order valence-corrected chi connectivity index (χ3v) is 4.29. The van der Waals surface area contributed by atoms with Crippen molar-refractivity contribution in [2.75, 3.05) is 11.9 Å². The summed E-state index contributed by atoms with van der Waals surface area (Å²) in [5.74, 6) is -0.178. The van der Waals surface area contributed by atoms with Gasteiger partial charge in [-0.3, -0.25) is 4.79 Å². The predicted octanol–water partition coefficient (Wildman–Crippen LogP) is 5.32. The topological polar surface area (TPSA) is 92.3 Å². The lowest BCUT2D eigenvalue weighted by Crippen LogP contribution is -2.14. The van der Waals surface area contributed by atoms with E-state index in [0.29, 0.717) is 27.8 Å². The Morgan fingerprint density at radius 1 is 1.17 bits per heavy atom. The molecule has 3 aromatic rings. The van der Waals surface area contributed by atoms with Crippen LogP contribution in [0.2, 0.25) is 5.02 Å². The Hall–Kier alpha value is -3.82. The van der Waals surface area contributed by atoms with Crippen molar-refractivity contribution in [1.29, 1.82) is 5.26 Å². The molecule has 1 amide bonds. The molecule has 0 radical (unpaired) electrons. The van der Waals surface area contributed by atoms with E-state index in [0.717, 1.165) is 5.56 Å². The van der Waals surface area contributed by atoms with E-state index in [9.17, 15) is 14.9 Å². The summed E-state index contributed by atoms with van der Waals surface area (Å²) in [6.07, 6.45) is 1.35. The molecule has 0 saturated carbocycles. The van der Waals surface area contributed by atoms with Crippen LogP contribution >= 0.6 is 11.6 Å². The quantitative estimate of drug-likeness (QED) is 0.331. The molecule has 0 spiro atoms. The summed E-state index contributed by atoms with van der Waals surface area (Å²) in [6, 6.07) is 18.7. The highest BCUT2D eigenvalue weighted by Crippen LogP contribution is 2.25. The van der Waals surface area contributed by atoms with Crippen LogP contribution in [0.1, 0.15) is 23.0 Å². The molecule has 6 nitrogen and oxygen atoms in total. The largest absolute Gasteiger partial charge is 0.462 e. The van der Waals surface area contributed by atoms with Crippen LogP contribution < -0.4 is 5.32 Å². The number of carbonyl (C=O) groups excluding carboxylic acids is 2. The van der Waals surface area contributed by atoms with E-state index in [1.54, 1.807) is 49.4 Å². The fourth-order valence-corrected chi connectivity index (χ4v) is 2.75. The van der Waals surface area contributed by atoms with Crippen molar-refractivity contribution in [2.24, 2.45) is 0 Å². The van der Waals surface area contributed by atoms with Gasteiger partial charge in [0.1, 0.15) is 23.2 Å². The first-order chi connectivity index (χ1) is 14.5. The first-order valence-corrected chi connectivity index (χ1v) is 9.44. The Bertz CT molecular complexity index is 1140. The number of nitrogens with zero attached hydrogens (tertiary/aromatic N) is 1. The van der Waals surface area contributed by atoms with Crippen LogP contribution in [-0.2, 0) is 9.53 Å². The number of nitrogens with one attached hydrogen (secondary N) is 1. The summed E-state index contributed by atoms with van der Waals surface area (Å²) < 4.78 is 10.7. The molecule has 0 saturated heterocycles. The molecule has 0 bridgehead atoms. The van der Waals surface area contributed by atoms with Crippen molar-refractivity contribution < 1.29 is 18.7 Å². The highest BCUT2D eigenvalue weighted by Gasteiger charge is 2.13. The molecular weight excluding hydrogens is 404 g/mol. The van der Waals surface area contributed by atoms with Gasteiger partial charge in [-0.2, -0.15) is 5.26 Å². The van der Waals surface area contributed by atoms with Crippen LogP contribution in [0.25, 0.3) is 17.4 Å². The van der Waals surface area contributed by atoms with Crippen LogP contribution in [0.15, 0.2) is 70.7 Å². The minimum atomic E-state index is -0.622. The molecule has 30 heavy (non-hydrogen) atoms. The first-order valence-electron chi connectivity index (χ1n) is 9.06. The number of ether oxygens (including phenoxy) is 1. The molecular formula is C23H17ClN2O4. The van der Waals surface area contributed by atoms with Gasteiger partial charge in [0.15, 0.2) is 0 Å². The number of nitriles is 1. The summed E-state index contributed by atoms with van der Waals surface area (Å²) in [5, 5.41) is 12.6. The number of hydrogen-bond acceptors (Lipinski definition) is 5. The van der Waals surface area contributed by atoms with Crippen LogP contribution in [0.5, 0.6) is 0 Å². The lowest BCUT2D eigenvalue weighted by molar-refractivity contribution is -0.112. The van der Waals surface area contributed by atoms with E-state index >= 15 is 0 Å². The Morgan fingerprint density at radius 2 is 1.93 bits per heavy atom. The highest BCUT2D eigenvalue weighted by atomic mass is 35.5. The fourth-order valence-electron chi connectivity index (χ4n) is 2.63. The molecule has 0 aliphatic heterocycles. The Morgan fingerprint density at radius 3 is 2.63 bits per heavy atom. The number of rotatable bonds is 6. The number of esters is 1. The lowest BCUT2D eigenvalue weighted by atomic mass is 10.2. The average molecular weight is 421 g/mol. The first kappa shape index (κ1) is 20.9. The van der Waals surface area contributed by atoms with Gasteiger partial charge in [0.05, 0.1) is 12.2 Å². The van der Waals surface area contributed by atoms with Crippen molar-refractivity contribution in [3.63, 3.8) is 0 Å². The Labute approximate surface area is 178 Å². The third kappa shape index (κ3) is 5.16. The molecule has 1 heterocycles. The van der Waals surface area contributed by atoms with Gasteiger partial charge in [-0.05, 0) is 61.5 Å². The molecule has 7 heteroatoms. The predicted molar refractivity (Wildman–Crippen MR) is 114 cm³/mol. The second kappa shape index (κ2) is 9.59. The van der Waals surface area contributed by atoms with E-state index in [-0.39, 0.29) is 12.2 Å². The number of carbonyl (C=O) groups is 2. The average Bonchev–Trinajstić information content (AvgIpc) is 3.21. The van der Waals surface area contributed by atoms with Gasteiger partial charge in [0.2, 0.25) is 0 Å². The Kier molecular flexibility index (Phi) is 6.68. The monoisotopic (exact) mass is 420 g/mol. The zero-order chi connectivity index (χ0) is 21.5. The van der Waals surface area contributed by atoms with Crippen molar-refractivity contribution in [2.45, 2.75) is 6.92 Å². The number of anilines is 1. The molecule has 1 N–H and O–H groups in total. The Balaban J connectivity index is 1.76. The minimum absolute atomic E-state index is 0.145. The van der Waals surface area contributed by atoms with Crippen molar-refractivity contribution in [3.8, 4) is 17.4 Å². The third-order valence-electron chi connectivity index (χ3n) is 4.04. The van der Waals surface area contributed by atoms with Crippen LogP contribution in [0, 0.1) is 11.3 Å². The van der Waals surface area contributed by atoms with E-state index in [2.05, 4.69) is 5.32 Å². The molecule has 150 valence electrons. The second-order valence-electron chi connectivity index (χ2n) is 6.13. The van der Waals surface area contributed by atoms with Crippen molar-refractivity contribution in [3.05, 3.63) is 82.6 Å². The standard InChI is InChI=1S/C23H17ClN2O4/c1-2-29-23(28)16-4-3-5-19(12-16)26-22(27)17(14-25)13-20-10-11-21(30-20)15-6-8-18(24)9-7-15/h3-13H,2H2,1H3,(H,26,27)/b17-13+. The smallest absolute Gasteiger partial charge is 0.338 e. The fraction of sp³-hybridized carbons (Fsp3) is 0.0870. The van der Waals surface area contributed by atoms with Crippen LogP contribution in [-0.4, -0.2) is 18.5 Å². The number of amides is 1. The number of hydrogen-bond donors (Lipinski definition) is 1. The molecule has 0 atom stereocenters. The normalized spacial score (nSPS) is 10.9. The van der Waals surface area contributed by atoms with Gasteiger partial charge in [-0.15, -0.1) is 0 Å². The zero-order valence-electron chi connectivity index (χ0n) is 16.0. The summed E-state index contributed by atoms with van der Waals surface area (Å²) in [7, 11) is 0. The number of furan rings is 1. The van der Waals surface area contributed by atoms with E-state index in [1.165, 1.54) is 12.1 Å². The molecule has 0 aliphatic rings. The molecule has 2 aromatic carbocycles. The van der Waals surface area contributed by atoms with Gasteiger partial charge in [0, 0.05) is 22.3 Å². The van der Waals surface area contributed by atoms with Crippen molar-refractivity contribution >= 4 is 35.2 Å². The zero-order valence-corrected chi connectivity index (χ0v) is 16.8. The van der Waals surface area contributed by atoms with E-state index < -0.39 is 11.9 Å². The van der Waals surface area contributed by atoms with Gasteiger partial charge in [-0.25, -0.2) is 4.79 Å². The summed E-state index contributed by atoms with van der Waals surface area (Å²) in [5.41, 5.74) is 1.34. The van der Waals surface area contributed by atoms with Crippen molar-refractivity contribution in [1.82, 2.24) is 0 Å². The van der Waals surface area contributed by atoms with Crippen LogP contribution in [0.3, 0.4) is 0 Å². The molecule has 0 fully saturated rings. The summed E-state index contributed by atoms with van der Waals surface area (Å²) in [6.45, 7) is 1.96. The molecule has 0 aliphatic carbocycles. The SMILES string of the molecule is CCOC(=O)c1cccc(NC(=O)/C(C#N)=C/c2ccc(-c3ccc(Cl)cc3)o2)c1. The molecule has 3 rings (SSSR count). The highest BCUT2D eigenvalue weighted by molar-refractivity contribution is 6.30. The minimum Gasteiger partial charge on any atom is -0.462 e. The number of halogens is 1. The maximum absolute atomic E-state index is 12.5. The maximum Gasteiger partial charge on any atom is 0.338 e.